The maximum Gasteiger partial charge on any atom is 0.221 e. The van der Waals surface area contributed by atoms with Crippen molar-refractivity contribution in [2.75, 3.05) is 46.9 Å². The van der Waals surface area contributed by atoms with Crippen LogP contribution in [0, 0.1) is 5.41 Å². The minimum Gasteiger partial charge on any atom is -0.378 e. The first-order valence-electron chi connectivity index (χ1n) is 6.62. The van der Waals surface area contributed by atoms with Crippen LogP contribution in [-0.2, 0) is 9.53 Å². The molecule has 1 rings (SSSR count). The standard InChI is InChI=1S/C13H27N3O2.2ClH/c1-13(2,10-16(3)4)9-15-12(17)7-11-8-18-6-5-14-11;;/h11,14H,5-10H2,1-4H3,(H,15,17);2*1H. The summed E-state index contributed by atoms with van der Waals surface area (Å²) in [6, 6.07) is 0.163. The molecule has 1 fully saturated rings. The predicted octanol–water partition coefficient (Wildman–Crippen LogP) is 0.912. The van der Waals surface area contributed by atoms with E-state index in [0.29, 0.717) is 19.6 Å². The Kier molecular flexibility index (Phi) is 11.8. The Morgan fingerprint density at radius 3 is 2.55 bits per heavy atom. The SMILES string of the molecule is CN(C)CC(C)(C)CNC(=O)CC1COCCN1.Cl.Cl. The molecule has 1 aliphatic heterocycles. The molecule has 1 aliphatic rings. The van der Waals surface area contributed by atoms with E-state index in [-0.39, 0.29) is 42.2 Å². The number of nitrogens with zero attached hydrogens (tertiary/aromatic N) is 1. The molecule has 7 heteroatoms. The second-order valence-electron chi connectivity index (χ2n) is 6.11. The van der Waals surface area contributed by atoms with Crippen LogP contribution in [-0.4, -0.2) is 63.8 Å². The quantitative estimate of drug-likeness (QED) is 0.760. The van der Waals surface area contributed by atoms with E-state index in [1.807, 2.05) is 14.1 Å². The van der Waals surface area contributed by atoms with Crippen LogP contribution in [0.4, 0.5) is 0 Å². The number of hydrogen-bond donors (Lipinski definition) is 2. The summed E-state index contributed by atoms with van der Waals surface area (Å²) in [5.74, 6) is 0.102. The van der Waals surface area contributed by atoms with Gasteiger partial charge in [-0.3, -0.25) is 4.79 Å². The maximum absolute atomic E-state index is 11.8. The van der Waals surface area contributed by atoms with Crippen molar-refractivity contribution in [2.45, 2.75) is 26.3 Å². The fraction of sp³-hybridized carbons (Fsp3) is 0.923. The average molecular weight is 330 g/mol. The Hall–Kier alpha value is -0.0700. The molecule has 0 aromatic heterocycles. The summed E-state index contributed by atoms with van der Waals surface area (Å²) in [5, 5.41) is 6.30. The molecule has 0 aliphatic carbocycles. The minimum absolute atomic E-state index is 0. The molecule has 1 heterocycles. The fourth-order valence-electron chi connectivity index (χ4n) is 2.30. The van der Waals surface area contributed by atoms with Crippen LogP contribution in [0.15, 0.2) is 0 Å². The number of halogens is 2. The lowest BCUT2D eigenvalue weighted by atomic mass is 9.93. The summed E-state index contributed by atoms with van der Waals surface area (Å²) < 4.78 is 5.33. The van der Waals surface area contributed by atoms with Crippen molar-refractivity contribution in [1.82, 2.24) is 15.5 Å². The van der Waals surface area contributed by atoms with Gasteiger partial charge in [-0.25, -0.2) is 0 Å². The minimum atomic E-state index is 0. The van der Waals surface area contributed by atoms with Crippen molar-refractivity contribution in [2.24, 2.45) is 5.41 Å². The molecule has 122 valence electrons. The van der Waals surface area contributed by atoms with Gasteiger partial charge in [-0.05, 0) is 19.5 Å². The van der Waals surface area contributed by atoms with E-state index in [4.69, 9.17) is 4.74 Å². The van der Waals surface area contributed by atoms with Crippen molar-refractivity contribution in [1.29, 1.82) is 0 Å². The monoisotopic (exact) mass is 329 g/mol. The van der Waals surface area contributed by atoms with Gasteiger partial charge in [-0.2, -0.15) is 0 Å². The van der Waals surface area contributed by atoms with Crippen LogP contribution in [0.1, 0.15) is 20.3 Å². The van der Waals surface area contributed by atoms with Crippen LogP contribution in [0.2, 0.25) is 0 Å². The Bertz CT molecular complexity index is 270. The van der Waals surface area contributed by atoms with E-state index in [0.717, 1.165) is 19.7 Å². The van der Waals surface area contributed by atoms with Gasteiger partial charge in [0.05, 0.1) is 13.2 Å². The summed E-state index contributed by atoms with van der Waals surface area (Å²) >= 11 is 0. The molecule has 2 N–H and O–H groups in total. The lowest BCUT2D eigenvalue weighted by Crippen LogP contribution is -2.46. The lowest BCUT2D eigenvalue weighted by molar-refractivity contribution is -0.122. The largest absolute Gasteiger partial charge is 0.378 e. The Balaban J connectivity index is 0. The highest BCUT2D eigenvalue weighted by Gasteiger charge is 2.21. The zero-order chi connectivity index (χ0) is 13.6. The van der Waals surface area contributed by atoms with Gasteiger partial charge in [0.2, 0.25) is 5.91 Å². The van der Waals surface area contributed by atoms with E-state index >= 15 is 0 Å². The van der Waals surface area contributed by atoms with Crippen molar-refractivity contribution in [3.63, 3.8) is 0 Å². The summed E-state index contributed by atoms with van der Waals surface area (Å²) in [7, 11) is 4.10. The van der Waals surface area contributed by atoms with Crippen LogP contribution in [0.3, 0.4) is 0 Å². The highest BCUT2D eigenvalue weighted by molar-refractivity contribution is 5.85. The van der Waals surface area contributed by atoms with Gasteiger partial charge in [0.25, 0.3) is 0 Å². The van der Waals surface area contributed by atoms with Crippen molar-refractivity contribution >= 4 is 30.7 Å². The third-order valence-corrected chi connectivity index (χ3v) is 2.94. The van der Waals surface area contributed by atoms with Gasteiger partial charge in [-0.15, -0.1) is 24.8 Å². The Morgan fingerprint density at radius 1 is 1.40 bits per heavy atom. The zero-order valence-corrected chi connectivity index (χ0v) is 14.5. The van der Waals surface area contributed by atoms with Crippen molar-refractivity contribution in [3.8, 4) is 0 Å². The van der Waals surface area contributed by atoms with Crippen molar-refractivity contribution in [3.05, 3.63) is 0 Å². The fourth-order valence-corrected chi connectivity index (χ4v) is 2.30. The van der Waals surface area contributed by atoms with E-state index in [1.165, 1.54) is 0 Å². The lowest BCUT2D eigenvalue weighted by Gasteiger charge is -2.29. The first-order valence-corrected chi connectivity index (χ1v) is 6.62. The second kappa shape index (κ2) is 10.6. The molecule has 0 aromatic rings. The summed E-state index contributed by atoms with van der Waals surface area (Å²) in [4.78, 5) is 14.0. The summed E-state index contributed by atoms with van der Waals surface area (Å²) in [6.45, 7) is 8.20. The predicted molar refractivity (Wildman–Crippen MR) is 87.1 cm³/mol. The van der Waals surface area contributed by atoms with E-state index < -0.39 is 0 Å². The second-order valence-corrected chi connectivity index (χ2v) is 6.11. The number of nitrogens with one attached hydrogen (secondary N) is 2. The van der Waals surface area contributed by atoms with Gasteiger partial charge < -0.3 is 20.3 Å². The van der Waals surface area contributed by atoms with E-state index in [9.17, 15) is 4.79 Å². The number of ether oxygens (including phenoxy) is 1. The Labute approximate surface area is 135 Å². The number of morpholine rings is 1. The molecule has 0 radical (unpaired) electrons. The first kappa shape index (κ1) is 22.2. The topological polar surface area (TPSA) is 53.6 Å². The van der Waals surface area contributed by atoms with Crippen molar-refractivity contribution < 1.29 is 9.53 Å². The normalized spacial score (nSPS) is 18.9. The van der Waals surface area contributed by atoms with Crippen LogP contribution in [0.25, 0.3) is 0 Å². The average Bonchev–Trinajstić information content (AvgIpc) is 2.26. The summed E-state index contributed by atoms with van der Waals surface area (Å²) in [5.41, 5.74) is 0.0929. The van der Waals surface area contributed by atoms with E-state index in [1.54, 1.807) is 0 Å². The van der Waals surface area contributed by atoms with E-state index in [2.05, 4.69) is 29.4 Å². The third kappa shape index (κ3) is 9.77. The highest BCUT2D eigenvalue weighted by atomic mass is 35.5. The maximum atomic E-state index is 11.8. The van der Waals surface area contributed by atoms with Gasteiger partial charge >= 0.3 is 0 Å². The number of hydrogen-bond acceptors (Lipinski definition) is 4. The highest BCUT2D eigenvalue weighted by Crippen LogP contribution is 2.14. The molecular weight excluding hydrogens is 301 g/mol. The molecule has 5 nitrogen and oxygen atoms in total. The molecule has 1 atom stereocenters. The molecule has 1 saturated heterocycles. The Morgan fingerprint density at radius 2 is 2.05 bits per heavy atom. The zero-order valence-electron chi connectivity index (χ0n) is 12.9. The first-order chi connectivity index (χ1) is 8.39. The molecule has 20 heavy (non-hydrogen) atoms. The number of amides is 1. The molecular formula is C13H29Cl2N3O2. The van der Waals surface area contributed by atoms with Crippen LogP contribution in [0.5, 0.6) is 0 Å². The molecule has 1 unspecified atom stereocenters. The number of carbonyl (C=O) groups is 1. The van der Waals surface area contributed by atoms with Gasteiger partial charge in [0.1, 0.15) is 0 Å². The molecule has 0 bridgehead atoms. The third-order valence-electron chi connectivity index (χ3n) is 2.94. The molecule has 0 spiro atoms. The number of rotatable bonds is 6. The summed E-state index contributed by atoms with van der Waals surface area (Å²) in [6.07, 6.45) is 0.498. The van der Waals surface area contributed by atoms with Gasteiger partial charge in [-0.1, -0.05) is 13.8 Å². The van der Waals surface area contributed by atoms with Crippen LogP contribution < -0.4 is 10.6 Å². The van der Waals surface area contributed by atoms with Gasteiger partial charge in [0, 0.05) is 32.1 Å². The smallest absolute Gasteiger partial charge is 0.221 e. The number of carbonyl (C=O) groups excluding carboxylic acids is 1. The molecule has 1 amide bonds. The van der Waals surface area contributed by atoms with Gasteiger partial charge in [0.15, 0.2) is 0 Å². The molecule has 0 saturated carbocycles. The van der Waals surface area contributed by atoms with Crippen LogP contribution >= 0.6 is 24.8 Å². The molecule has 0 aromatic carbocycles.